The van der Waals surface area contributed by atoms with Crippen LogP contribution in [0.5, 0.6) is 0 Å². The SMILES string of the molecule is CCC(CC)C(=O)N1CCN2C(CN(C)CC2(C)C)C1. The molecule has 20 heavy (non-hydrogen) atoms. The van der Waals surface area contributed by atoms with Crippen molar-refractivity contribution in [1.82, 2.24) is 14.7 Å². The Morgan fingerprint density at radius 1 is 1.20 bits per heavy atom. The molecule has 0 aromatic rings. The van der Waals surface area contributed by atoms with Gasteiger partial charge < -0.3 is 9.80 Å². The van der Waals surface area contributed by atoms with Crippen molar-refractivity contribution in [2.75, 3.05) is 39.8 Å². The van der Waals surface area contributed by atoms with E-state index in [1.54, 1.807) is 0 Å². The van der Waals surface area contributed by atoms with Crippen LogP contribution in [0.15, 0.2) is 0 Å². The maximum Gasteiger partial charge on any atom is 0.225 e. The van der Waals surface area contributed by atoms with Crippen LogP contribution in [0.25, 0.3) is 0 Å². The van der Waals surface area contributed by atoms with E-state index < -0.39 is 0 Å². The lowest BCUT2D eigenvalue weighted by molar-refractivity contribution is -0.143. The molecule has 0 aromatic heterocycles. The van der Waals surface area contributed by atoms with Gasteiger partial charge in [-0.2, -0.15) is 0 Å². The summed E-state index contributed by atoms with van der Waals surface area (Å²) >= 11 is 0. The normalized spacial score (nSPS) is 27.7. The fourth-order valence-electron chi connectivity index (χ4n) is 4.08. The number of hydrogen-bond acceptors (Lipinski definition) is 3. The topological polar surface area (TPSA) is 26.8 Å². The van der Waals surface area contributed by atoms with Crippen LogP contribution in [0.4, 0.5) is 0 Å². The summed E-state index contributed by atoms with van der Waals surface area (Å²) in [5.74, 6) is 0.594. The zero-order valence-corrected chi connectivity index (χ0v) is 13.9. The van der Waals surface area contributed by atoms with E-state index in [1.165, 1.54) is 0 Å². The van der Waals surface area contributed by atoms with Gasteiger partial charge in [-0.25, -0.2) is 0 Å². The summed E-state index contributed by atoms with van der Waals surface area (Å²) in [5, 5.41) is 0. The van der Waals surface area contributed by atoms with Gasteiger partial charge in [0.15, 0.2) is 0 Å². The summed E-state index contributed by atoms with van der Waals surface area (Å²) in [5.41, 5.74) is 0.224. The smallest absolute Gasteiger partial charge is 0.225 e. The van der Waals surface area contributed by atoms with Gasteiger partial charge in [-0.15, -0.1) is 0 Å². The summed E-state index contributed by atoms with van der Waals surface area (Å²) in [7, 11) is 2.20. The monoisotopic (exact) mass is 281 g/mol. The molecule has 0 radical (unpaired) electrons. The van der Waals surface area contributed by atoms with Crippen LogP contribution in [-0.4, -0.2) is 72.0 Å². The van der Waals surface area contributed by atoms with Crippen molar-refractivity contribution in [2.24, 2.45) is 5.92 Å². The Morgan fingerprint density at radius 3 is 2.45 bits per heavy atom. The van der Waals surface area contributed by atoms with Crippen molar-refractivity contribution in [2.45, 2.75) is 52.1 Å². The minimum Gasteiger partial charge on any atom is -0.340 e. The third-order valence-electron chi connectivity index (χ3n) is 5.09. The molecule has 2 aliphatic heterocycles. The Labute approximate surface area is 124 Å². The molecule has 2 rings (SSSR count). The molecule has 4 nitrogen and oxygen atoms in total. The third-order valence-corrected chi connectivity index (χ3v) is 5.09. The van der Waals surface area contributed by atoms with Crippen LogP contribution in [0.1, 0.15) is 40.5 Å². The van der Waals surface area contributed by atoms with Gasteiger partial charge in [0.05, 0.1) is 0 Å². The number of carbonyl (C=O) groups is 1. The average Bonchev–Trinajstić information content (AvgIpc) is 2.38. The number of fused-ring (bicyclic) bond motifs is 1. The number of likely N-dealkylation sites (N-methyl/N-ethyl adjacent to an activating group) is 1. The molecule has 1 atom stereocenters. The van der Waals surface area contributed by atoms with E-state index >= 15 is 0 Å². The molecule has 116 valence electrons. The average molecular weight is 281 g/mol. The molecule has 2 fully saturated rings. The number of rotatable bonds is 3. The number of amides is 1. The highest BCUT2D eigenvalue weighted by atomic mass is 16.2. The van der Waals surface area contributed by atoms with Crippen molar-refractivity contribution in [3.8, 4) is 0 Å². The third kappa shape index (κ3) is 3.01. The minimum atomic E-state index is 0.218. The van der Waals surface area contributed by atoms with Crippen molar-refractivity contribution in [3.05, 3.63) is 0 Å². The van der Waals surface area contributed by atoms with E-state index in [2.05, 4.69) is 49.4 Å². The predicted molar refractivity (Wildman–Crippen MR) is 82.7 cm³/mol. The van der Waals surface area contributed by atoms with Gasteiger partial charge in [0.1, 0.15) is 0 Å². The van der Waals surface area contributed by atoms with E-state index in [1.807, 2.05) is 0 Å². The molecule has 2 aliphatic rings. The Kier molecular flexibility index (Phi) is 4.75. The zero-order valence-electron chi connectivity index (χ0n) is 13.9. The molecule has 1 amide bonds. The Bertz CT molecular complexity index is 352. The van der Waals surface area contributed by atoms with Crippen molar-refractivity contribution < 1.29 is 4.79 Å². The van der Waals surface area contributed by atoms with Crippen LogP contribution in [0, 0.1) is 5.92 Å². The molecule has 0 aliphatic carbocycles. The molecule has 0 N–H and O–H groups in total. The van der Waals surface area contributed by atoms with Gasteiger partial charge in [0.2, 0.25) is 5.91 Å². The molecule has 0 saturated carbocycles. The number of hydrogen-bond donors (Lipinski definition) is 0. The number of nitrogens with zero attached hydrogens (tertiary/aromatic N) is 3. The first-order valence-corrected chi connectivity index (χ1v) is 8.13. The highest BCUT2D eigenvalue weighted by Crippen LogP contribution is 2.28. The molecule has 2 saturated heterocycles. The van der Waals surface area contributed by atoms with Gasteiger partial charge >= 0.3 is 0 Å². The second-order valence-electron chi connectivity index (χ2n) is 7.15. The van der Waals surface area contributed by atoms with Crippen molar-refractivity contribution in [1.29, 1.82) is 0 Å². The first kappa shape index (κ1) is 15.8. The van der Waals surface area contributed by atoms with Gasteiger partial charge in [0.25, 0.3) is 0 Å². The molecular formula is C16H31N3O. The van der Waals surface area contributed by atoms with Crippen molar-refractivity contribution >= 4 is 5.91 Å². The second kappa shape index (κ2) is 6.02. The summed E-state index contributed by atoms with van der Waals surface area (Å²) in [6.07, 6.45) is 1.93. The van der Waals surface area contributed by atoms with Crippen LogP contribution in [-0.2, 0) is 4.79 Å². The lowest BCUT2D eigenvalue weighted by Gasteiger charge is -2.55. The maximum absolute atomic E-state index is 12.6. The Balaban J connectivity index is 2.05. The summed E-state index contributed by atoms with van der Waals surface area (Å²) in [6, 6.07) is 0.496. The summed E-state index contributed by atoms with van der Waals surface area (Å²) in [4.78, 5) is 19.7. The summed E-state index contributed by atoms with van der Waals surface area (Å²) in [6.45, 7) is 13.9. The molecule has 0 spiro atoms. The van der Waals surface area contributed by atoms with E-state index in [0.717, 1.165) is 45.6 Å². The molecule has 1 unspecified atom stereocenters. The lowest BCUT2D eigenvalue weighted by atomic mass is 9.92. The van der Waals surface area contributed by atoms with E-state index in [0.29, 0.717) is 11.9 Å². The first-order valence-electron chi connectivity index (χ1n) is 8.13. The quantitative estimate of drug-likeness (QED) is 0.787. The largest absolute Gasteiger partial charge is 0.340 e. The molecular weight excluding hydrogens is 250 g/mol. The Morgan fingerprint density at radius 2 is 1.85 bits per heavy atom. The molecule has 4 heteroatoms. The van der Waals surface area contributed by atoms with Crippen molar-refractivity contribution in [3.63, 3.8) is 0 Å². The molecule has 2 heterocycles. The highest BCUT2D eigenvalue weighted by molar-refractivity contribution is 5.79. The van der Waals surface area contributed by atoms with E-state index in [-0.39, 0.29) is 11.5 Å². The predicted octanol–water partition coefficient (Wildman–Crippen LogP) is 1.66. The number of piperazine rings is 2. The van der Waals surface area contributed by atoms with Gasteiger partial charge in [-0.3, -0.25) is 9.69 Å². The van der Waals surface area contributed by atoms with Crippen LogP contribution < -0.4 is 0 Å². The standard InChI is InChI=1S/C16H31N3O/c1-6-13(7-2)15(20)18-8-9-19-14(11-18)10-17(5)12-16(19,3)4/h13-14H,6-12H2,1-5H3. The van der Waals surface area contributed by atoms with E-state index in [4.69, 9.17) is 0 Å². The first-order chi connectivity index (χ1) is 9.39. The van der Waals surface area contributed by atoms with Crippen LogP contribution in [0.3, 0.4) is 0 Å². The van der Waals surface area contributed by atoms with Crippen LogP contribution >= 0.6 is 0 Å². The fraction of sp³-hybridized carbons (Fsp3) is 0.938. The maximum atomic E-state index is 12.6. The fourth-order valence-corrected chi connectivity index (χ4v) is 4.08. The molecule has 0 aromatic carbocycles. The second-order valence-corrected chi connectivity index (χ2v) is 7.15. The summed E-state index contributed by atoms with van der Waals surface area (Å²) < 4.78 is 0. The Hall–Kier alpha value is -0.610. The van der Waals surface area contributed by atoms with Gasteiger partial charge in [-0.1, -0.05) is 13.8 Å². The highest BCUT2D eigenvalue weighted by Gasteiger charge is 2.42. The zero-order chi connectivity index (χ0) is 14.9. The minimum absolute atomic E-state index is 0.218. The van der Waals surface area contributed by atoms with E-state index in [9.17, 15) is 4.79 Å². The van der Waals surface area contributed by atoms with Crippen LogP contribution in [0.2, 0.25) is 0 Å². The van der Waals surface area contributed by atoms with Gasteiger partial charge in [0, 0.05) is 50.2 Å². The van der Waals surface area contributed by atoms with Gasteiger partial charge in [-0.05, 0) is 33.7 Å². The molecule has 0 bridgehead atoms. The lowest BCUT2D eigenvalue weighted by Crippen LogP contribution is -2.69. The number of carbonyl (C=O) groups excluding carboxylic acids is 1.